The first-order chi connectivity index (χ1) is 9.84. The van der Waals surface area contributed by atoms with Gasteiger partial charge in [0, 0.05) is 6.54 Å². The molecule has 100 valence electrons. The topological polar surface area (TPSA) is 32.3 Å². The summed E-state index contributed by atoms with van der Waals surface area (Å²) in [6.07, 6.45) is 2.15. The van der Waals surface area contributed by atoms with Crippen molar-refractivity contribution in [1.29, 1.82) is 0 Å². The number of aryl methyl sites for hydroxylation is 1. The van der Waals surface area contributed by atoms with Gasteiger partial charge in [-0.05, 0) is 30.0 Å². The second-order valence-electron chi connectivity index (χ2n) is 5.40. The fraction of sp³-hybridized carbons (Fsp3) is 0.235. The van der Waals surface area contributed by atoms with Crippen LogP contribution in [0.4, 0.5) is 5.69 Å². The van der Waals surface area contributed by atoms with Crippen LogP contribution >= 0.6 is 0 Å². The molecule has 2 aromatic carbocycles. The van der Waals surface area contributed by atoms with E-state index in [4.69, 9.17) is 0 Å². The van der Waals surface area contributed by atoms with Gasteiger partial charge in [0.2, 0.25) is 0 Å². The van der Waals surface area contributed by atoms with Gasteiger partial charge in [-0.1, -0.05) is 42.5 Å². The SMILES string of the molecule is O=C1N[C@@H](c2ccccc2)N2CCCc3cccc1c32. The Morgan fingerprint density at radius 2 is 1.90 bits per heavy atom. The summed E-state index contributed by atoms with van der Waals surface area (Å²) in [5, 5.41) is 3.14. The third-order valence-electron chi connectivity index (χ3n) is 4.19. The van der Waals surface area contributed by atoms with Crippen LogP contribution in [0.15, 0.2) is 48.5 Å². The number of para-hydroxylation sites is 1. The van der Waals surface area contributed by atoms with E-state index in [-0.39, 0.29) is 12.1 Å². The van der Waals surface area contributed by atoms with Crippen LogP contribution in [0, 0.1) is 0 Å². The number of hydrogen-bond donors (Lipinski definition) is 1. The number of nitrogens with one attached hydrogen (secondary N) is 1. The molecule has 0 fully saturated rings. The third kappa shape index (κ3) is 1.63. The van der Waals surface area contributed by atoms with E-state index in [0.29, 0.717) is 0 Å². The van der Waals surface area contributed by atoms with Gasteiger partial charge in [-0.2, -0.15) is 0 Å². The molecule has 1 N–H and O–H groups in total. The van der Waals surface area contributed by atoms with Crippen molar-refractivity contribution in [3.05, 3.63) is 65.2 Å². The molecule has 2 aromatic rings. The summed E-state index contributed by atoms with van der Waals surface area (Å²) in [5.41, 5.74) is 4.39. The number of carbonyl (C=O) groups excluding carboxylic acids is 1. The third-order valence-corrected chi connectivity index (χ3v) is 4.19. The number of amides is 1. The smallest absolute Gasteiger partial charge is 0.255 e. The summed E-state index contributed by atoms with van der Waals surface area (Å²) >= 11 is 0. The molecule has 0 spiro atoms. The van der Waals surface area contributed by atoms with Crippen molar-refractivity contribution in [2.24, 2.45) is 0 Å². The number of carbonyl (C=O) groups is 1. The Balaban J connectivity index is 1.87. The summed E-state index contributed by atoms with van der Waals surface area (Å²) in [5.74, 6) is 0.0360. The van der Waals surface area contributed by atoms with Crippen molar-refractivity contribution >= 4 is 11.6 Å². The molecule has 1 amide bonds. The molecule has 0 saturated heterocycles. The molecule has 3 heteroatoms. The maximum atomic E-state index is 12.4. The molecule has 2 aliphatic rings. The highest BCUT2D eigenvalue weighted by Gasteiger charge is 2.34. The minimum absolute atomic E-state index is 0.0360. The summed E-state index contributed by atoms with van der Waals surface area (Å²) in [7, 11) is 0. The molecular formula is C17H16N2O. The normalized spacial score (nSPS) is 20.3. The van der Waals surface area contributed by atoms with Gasteiger partial charge < -0.3 is 10.2 Å². The van der Waals surface area contributed by atoms with Crippen molar-refractivity contribution in [2.45, 2.75) is 19.0 Å². The Labute approximate surface area is 118 Å². The zero-order chi connectivity index (χ0) is 13.5. The maximum absolute atomic E-state index is 12.4. The van der Waals surface area contributed by atoms with E-state index in [0.717, 1.165) is 36.2 Å². The number of anilines is 1. The lowest BCUT2D eigenvalue weighted by Gasteiger charge is -2.42. The van der Waals surface area contributed by atoms with Gasteiger partial charge in [-0.15, -0.1) is 0 Å². The molecule has 2 heterocycles. The van der Waals surface area contributed by atoms with Crippen molar-refractivity contribution in [3.63, 3.8) is 0 Å². The first-order valence-corrected chi connectivity index (χ1v) is 7.09. The Hall–Kier alpha value is -2.29. The summed E-state index contributed by atoms with van der Waals surface area (Å²) in [4.78, 5) is 14.7. The van der Waals surface area contributed by atoms with Crippen LogP contribution in [0.25, 0.3) is 0 Å². The first kappa shape index (κ1) is 11.5. The zero-order valence-electron chi connectivity index (χ0n) is 11.2. The van der Waals surface area contributed by atoms with Gasteiger partial charge in [0.05, 0.1) is 11.3 Å². The molecule has 3 nitrogen and oxygen atoms in total. The van der Waals surface area contributed by atoms with E-state index in [1.807, 2.05) is 30.3 Å². The van der Waals surface area contributed by atoms with Crippen LogP contribution in [-0.4, -0.2) is 12.5 Å². The predicted octanol–water partition coefficient (Wildman–Crippen LogP) is 2.88. The minimum Gasteiger partial charge on any atom is -0.347 e. The molecule has 0 aliphatic carbocycles. The molecule has 0 bridgehead atoms. The van der Waals surface area contributed by atoms with Gasteiger partial charge in [0.1, 0.15) is 6.17 Å². The Morgan fingerprint density at radius 3 is 2.75 bits per heavy atom. The van der Waals surface area contributed by atoms with E-state index in [2.05, 4.69) is 28.4 Å². The number of rotatable bonds is 1. The van der Waals surface area contributed by atoms with E-state index in [1.54, 1.807) is 0 Å². The molecule has 0 radical (unpaired) electrons. The quantitative estimate of drug-likeness (QED) is 0.859. The van der Waals surface area contributed by atoms with Crippen molar-refractivity contribution in [1.82, 2.24) is 5.32 Å². The summed E-state index contributed by atoms with van der Waals surface area (Å²) in [6.45, 7) is 0.990. The van der Waals surface area contributed by atoms with Gasteiger partial charge in [0.25, 0.3) is 5.91 Å². The van der Waals surface area contributed by atoms with Crippen LogP contribution in [-0.2, 0) is 6.42 Å². The van der Waals surface area contributed by atoms with Gasteiger partial charge in [-0.25, -0.2) is 0 Å². The highest BCUT2D eigenvalue weighted by atomic mass is 16.2. The average Bonchev–Trinajstić information content (AvgIpc) is 2.52. The van der Waals surface area contributed by atoms with Gasteiger partial charge >= 0.3 is 0 Å². The summed E-state index contributed by atoms with van der Waals surface area (Å²) < 4.78 is 0. The van der Waals surface area contributed by atoms with Crippen LogP contribution in [0.5, 0.6) is 0 Å². The molecular weight excluding hydrogens is 248 g/mol. The maximum Gasteiger partial charge on any atom is 0.255 e. The van der Waals surface area contributed by atoms with Crippen LogP contribution < -0.4 is 10.2 Å². The summed E-state index contributed by atoms with van der Waals surface area (Å²) in [6, 6.07) is 16.3. The standard InChI is InChI=1S/C17H16N2O/c20-17-14-10-4-8-12-9-5-11-19(15(12)14)16(18-17)13-6-2-1-3-7-13/h1-4,6-8,10,16H,5,9,11H2,(H,18,20)/t16-/m1/s1. The average molecular weight is 264 g/mol. The fourth-order valence-corrected chi connectivity index (χ4v) is 3.30. The molecule has 0 unspecified atom stereocenters. The zero-order valence-corrected chi connectivity index (χ0v) is 11.2. The lowest BCUT2D eigenvalue weighted by atomic mass is 9.93. The Morgan fingerprint density at radius 1 is 1.05 bits per heavy atom. The fourth-order valence-electron chi connectivity index (χ4n) is 3.30. The van der Waals surface area contributed by atoms with Gasteiger partial charge in [-0.3, -0.25) is 4.79 Å². The van der Waals surface area contributed by atoms with E-state index in [1.165, 1.54) is 5.56 Å². The van der Waals surface area contributed by atoms with Crippen molar-refractivity contribution in [3.8, 4) is 0 Å². The molecule has 1 atom stereocenters. The van der Waals surface area contributed by atoms with E-state index >= 15 is 0 Å². The van der Waals surface area contributed by atoms with E-state index < -0.39 is 0 Å². The highest BCUT2D eigenvalue weighted by molar-refractivity contribution is 6.03. The van der Waals surface area contributed by atoms with Crippen LogP contribution in [0.3, 0.4) is 0 Å². The van der Waals surface area contributed by atoms with Crippen LogP contribution in [0.1, 0.15) is 34.1 Å². The second kappa shape index (κ2) is 4.37. The number of nitrogens with zero attached hydrogens (tertiary/aromatic N) is 1. The lowest BCUT2D eigenvalue weighted by Crippen LogP contribution is -2.48. The number of benzene rings is 2. The Bertz CT molecular complexity index is 666. The van der Waals surface area contributed by atoms with Crippen molar-refractivity contribution in [2.75, 3.05) is 11.4 Å². The number of hydrogen-bond acceptors (Lipinski definition) is 2. The first-order valence-electron chi connectivity index (χ1n) is 7.09. The lowest BCUT2D eigenvalue weighted by molar-refractivity contribution is 0.0925. The molecule has 0 saturated carbocycles. The molecule has 2 aliphatic heterocycles. The highest BCUT2D eigenvalue weighted by Crippen LogP contribution is 2.38. The minimum atomic E-state index is -0.0438. The molecule has 0 aromatic heterocycles. The predicted molar refractivity (Wildman–Crippen MR) is 78.8 cm³/mol. The van der Waals surface area contributed by atoms with Crippen molar-refractivity contribution < 1.29 is 4.79 Å². The molecule has 20 heavy (non-hydrogen) atoms. The van der Waals surface area contributed by atoms with E-state index in [9.17, 15) is 4.79 Å². The Kier molecular flexibility index (Phi) is 2.52. The van der Waals surface area contributed by atoms with Crippen LogP contribution in [0.2, 0.25) is 0 Å². The monoisotopic (exact) mass is 264 g/mol. The molecule has 4 rings (SSSR count). The second-order valence-corrected chi connectivity index (χ2v) is 5.40. The largest absolute Gasteiger partial charge is 0.347 e. The van der Waals surface area contributed by atoms with Gasteiger partial charge in [0.15, 0.2) is 0 Å².